The van der Waals surface area contributed by atoms with Crippen molar-refractivity contribution in [2.24, 2.45) is 0 Å². The third kappa shape index (κ3) is 3.82. The molecule has 0 bridgehead atoms. The minimum atomic E-state index is 0.778. The molecule has 4 heteroatoms. The van der Waals surface area contributed by atoms with E-state index in [2.05, 4.69) is 92.5 Å². The first kappa shape index (κ1) is 20.6. The van der Waals surface area contributed by atoms with Gasteiger partial charge in [-0.2, -0.15) is 0 Å². The predicted molar refractivity (Wildman–Crippen MR) is 145 cm³/mol. The monoisotopic (exact) mass is 504 g/mol. The van der Waals surface area contributed by atoms with E-state index in [1.807, 2.05) is 54.6 Å². The van der Waals surface area contributed by atoms with Crippen molar-refractivity contribution >= 4 is 49.1 Å². The van der Waals surface area contributed by atoms with Gasteiger partial charge in [-0.05, 0) is 54.6 Å². The molecule has 0 spiro atoms. The maximum absolute atomic E-state index is 6.17. The number of anilines is 2. The van der Waals surface area contributed by atoms with Gasteiger partial charge in [0.1, 0.15) is 11.5 Å². The number of halogens is 1. The number of nitrogens with one attached hydrogen (secondary N) is 1. The Morgan fingerprint density at radius 2 is 1.32 bits per heavy atom. The zero-order valence-corrected chi connectivity index (χ0v) is 19.9. The molecule has 1 aromatic heterocycles. The van der Waals surface area contributed by atoms with Crippen LogP contribution in [0.15, 0.2) is 126 Å². The molecule has 0 amide bonds. The van der Waals surface area contributed by atoms with Crippen LogP contribution >= 0.6 is 15.9 Å². The molecule has 5 aromatic carbocycles. The standard InChI is InChI=1S/C30H21BrN2O/c31-21-18-23(20-25(19-21)34-24-12-5-2-6-13-24)33-28-16-8-7-14-26(28)30-27(15-9-17-29(30)33)32-22-10-3-1-4-11-22/h1-20,32H. The highest BCUT2D eigenvalue weighted by Gasteiger charge is 2.16. The molecule has 3 nitrogen and oxygen atoms in total. The Morgan fingerprint density at radius 1 is 0.618 bits per heavy atom. The first-order valence-electron chi connectivity index (χ1n) is 11.1. The SMILES string of the molecule is Brc1cc(Oc2ccccc2)cc(-n2c3ccccc3c3c(Nc4ccccc4)cccc32)c1. The molecule has 0 aliphatic carbocycles. The number of hydrogen-bond donors (Lipinski definition) is 1. The molecule has 0 radical (unpaired) electrons. The topological polar surface area (TPSA) is 26.2 Å². The van der Waals surface area contributed by atoms with Gasteiger partial charge in [0.25, 0.3) is 0 Å². The highest BCUT2D eigenvalue weighted by Crippen LogP contribution is 2.39. The molecule has 0 saturated heterocycles. The number of rotatable bonds is 5. The second kappa shape index (κ2) is 8.73. The van der Waals surface area contributed by atoms with Crippen LogP contribution in [0.1, 0.15) is 0 Å². The Hall–Kier alpha value is -4.02. The third-order valence-corrected chi connectivity index (χ3v) is 6.30. The zero-order valence-electron chi connectivity index (χ0n) is 18.3. The molecule has 34 heavy (non-hydrogen) atoms. The van der Waals surface area contributed by atoms with Crippen LogP contribution in [0.25, 0.3) is 27.5 Å². The molecule has 164 valence electrons. The Balaban J connectivity index is 1.54. The number of aromatic nitrogens is 1. The summed E-state index contributed by atoms with van der Waals surface area (Å²) in [5.41, 5.74) is 5.44. The van der Waals surface area contributed by atoms with Crippen molar-refractivity contribution in [3.05, 3.63) is 126 Å². The van der Waals surface area contributed by atoms with E-state index in [-0.39, 0.29) is 0 Å². The van der Waals surface area contributed by atoms with E-state index in [4.69, 9.17) is 4.74 Å². The molecule has 6 aromatic rings. The summed E-state index contributed by atoms with van der Waals surface area (Å²) in [6.07, 6.45) is 0. The molecule has 0 aliphatic heterocycles. The molecular formula is C30H21BrN2O. The van der Waals surface area contributed by atoms with Crippen molar-refractivity contribution in [2.75, 3.05) is 5.32 Å². The van der Waals surface area contributed by atoms with Gasteiger partial charge in [-0.1, -0.05) is 76.6 Å². The van der Waals surface area contributed by atoms with Crippen LogP contribution in [0, 0.1) is 0 Å². The van der Waals surface area contributed by atoms with E-state index < -0.39 is 0 Å². The zero-order chi connectivity index (χ0) is 22.9. The molecule has 1 N–H and O–H groups in total. The number of benzene rings is 5. The van der Waals surface area contributed by atoms with Crippen molar-refractivity contribution < 1.29 is 4.74 Å². The van der Waals surface area contributed by atoms with E-state index in [0.29, 0.717) is 0 Å². The molecule has 0 fully saturated rings. The van der Waals surface area contributed by atoms with Crippen molar-refractivity contribution in [3.63, 3.8) is 0 Å². The summed E-state index contributed by atoms with van der Waals surface area (Å²) in [5, 5.41) is 6.00. The van der Waals surface area contributed by atoms with Gasteiger partial charge in [-0.25, -0.2) is 0 Å². The van der Waals surface area contributed by atoms with Crippen molar-refractivity contribution in [1.29, 1.82) is 0 Å². The normalized spacial score (nSPS) is 11.1. The summed E-state index contributed by atoms with van der Waals surface area (Å²) >= 11 is 3.69. The fourth-order valence-corrected chi connectivity index (χ4v) is 4.90. The average molecular weight is 505 g/mol. The predicted octanol–water partition coefficient (Wildman–Crippen LogP) is 9.08. The van der Waals surface area contributed by atoms with E-state index in [0.717, 1.165) is 44.1 Å². The fraction of sp³-hybridized carbons (Fsp3) is 0. The van der Waals surface area contributed by atoms with Gasteiger partial charge in [0.2, 0.25) is 0 Å². The van der Waals surface area contributed by atoms with Gasteiger partial charge in [0.05, 0.1) is 16.7 Å². The second-order valence-electron chi connectivity index (χ2n) is 8.10. The maximum Gasteiger partial charge on any atom is 0.130 e. The van der Waals surface area contributed by atoms with Gasteiger partial charge in [0.15, 0.2) is 0 Å². The maximum atomic E-state index is 6.17. The molecule has 1 heterocycles. The van der Waals surface area contributed by atoms with Crippen LogP contribution in [0.5, 0.6) is 11.5 Å². The Morgan fingerprint density at radius 3 is 2.15 bits per heavy atom. The molecule has 6 rings (SSSR count). The molecule has 0 unspecified atom stereocenters. The van der Waals surface area contributed by atoms with Crippen LogP contribution in [-0.4, -0.2) is 4.57 Å². The number of hydrogen-bond acceptors (Lipinski definition) is 2. The van der Waals surface area contributed by atoms with Crippen LogP contribution in [0.2, 0.25) is 0 Å². The van der Waals surface area contributed by atoms with Crippen LogP contribution in [0.3, 0.4) is 0 Å². The second-order valence-corrected chi connectivity index (χ2v) is 9.02. The summed E-state index contributed by atoms with van der Waals surface area (Å²) in [6.45, 7) is 0. The van der Waals surface area contributed by atoms with Gasteiger partial charge < -0.3 is 14.6 Å². The van der Waals surface area contributed by atoms with E-state index in [9.17, 15) is 0 Å². The third-order valence-electron chi connectivity index (χ3n) is 5.84. The van der Waals surface area contributed by atoms with Gasteiger partial charge in [-0.15, -0.1) is 0 Å². The van der Waals surface area contributed by atoms with Gasteiger partial charge in [0, 0.05) is 32.7 Å². The van der Waals surface area contributed by atoms with Crippen LogP contribution in [-0.2, 0) is 0 Å². The minimum absolute atomic E-state index is 0.778. The lowest BCUT2D eigenvalue weighted by Gasteiger charge is -2.13. The number of para-hydroxylation sites is 3. The molecule has 0 atom stereocenters. The van der Waals surface area contributed by atoms with E-state index in [1.165, 1.54) is 10.8 Å². The fourth-order valence-electron chi connectivity index (χ4n) is 4.44. The average Bonchev–Trinajstić information content (AvgIpc) is 3.20. The van der Waals surface area contributed by atoms with Crippen molar-refractivity contribution in [3.8, 4) is 17.2 Å². The first-order valence-corrected chi connectivity index (χ1v) is 11.9. The molecule has 0 saturated carbocycles. The highest BCUT2D eigenvalue weighted by molar-refractivity contribution is 9.10. The minimum Gasteiger partial charge on any atom is -0.457 e. The van der Waals surface area contributed by atoms with Crippen molar-refractivity contribution in [1.82, 2.24) is 4.57 Å². The van der Waals surface area contributed by atoms with Crippen molar-refractivity contribution in [2.45, 2.75) is 0 Å². The number of ether oxygens (including phenoxy) is 1. The first-order chi connectivity index (χ1) is 16.8. The Kier molecular flexibility index (Phi) is 5.28. The van der Waals surface area contributed by atoms with Gasteiger partial charge in [-0.3, -0.25) is 0 Å². The van der Waals surface area contributed by atoms with Crippen LogP contribution in [0.4, 0.5) is 11.4 Å². The summed E-state index contributed by atoms with van der Waals surface area (Å²) in [4.78, 5) is 0. The number of fused-ring (bicyclic) bond motifs is 3. The smallest absolute Gasteiger partial charge is 0.130 e. The Bertz CT molecular complexity index is 1610. The largest absolute Gasteiger partial charge is 0.457 e. The molecule has 0 aliphatic rings. The lowest BCUT2D eigenvalue weighted by Crippen LogP contribution is -1.96. The van der Waals surface area contributed by atoms with E-state index in [1.54, 1.807) is 0 Å². The summed E-state index contributed by atoms with van der Waals surface area (Å²) in [5.74, 6) is 1.59. The summed E-state index contributed by atoms with van der Waals surface area (Å²) < 4.78 is 9.42. The lowest BCUT2D eigenvalue weighted by atomic mass is 10.1. The summed E-state index contributed by atoms with van der Waals surface area (Å²) in [7, 11) is 0. The van der Waals surface area contributed by atoms with Gasteiger partial charge >= 0.3 is 0 Å². The highest BCUT2D eigenvalue weighted by atomic mass is 79.9. The molecular weight excluding hydrogens is 484 g/mol. The number of nitrogens with zero attached hydrogens (tertiary/aromatic N) is 1. The Labute approximate surface area is 206 Å². The quantitative estimate of drug-likeness (QED) is 0.253. The van der Waals surface area contributed by atoms with Crippen LogP contribution < -0.4 is 10.1 Å². The van der Waals surface area contributed by atoms with E-state index >= 15 is 0 Å². The lowest BCUT2D eigenvalue weighted by molar-refractivity contribution is 0.482. The summed E-state index contributed by atoms with van der Waals surface area (Å²) in [6, 6.07) is 41.3.